The van der Waals surface area contributed by atoms with Crippen molar-refractivity contribution in [2.45, 2.75) is 110 Å². The number of carbonyl (C=O) groups excluding carboxylic acids is 4. The molecule has 4 fully saturated rings. The van der Waals surface area contributed by atoms with E-state index in [0.29, 0.717) is 42.5 Å². The third kappa shape index (κ3) is 8.65. The van der Waals surface area contributed by atoms with Crippen LogP contribution in [0.5, 0.6) is 5.75 Å². The van der Waals surface area contributed by atoms with Crippen LogP contribution >= 0.6 is 0 Å². The second kappa shape index (κ2) is 16.0. The van der Waals surface area contributed by atoms with Crippen molar-refractivity contribution >= 4 is 23.3 Å². The van der Waals surface area contributed by atoms with Gasteiger partial charge in [0.05, 0.1) is 12.5 Å². The molecule has 0 N–H and O–H groups in total. The number of rotatable bonds is 9. The van der Waals surface area contributed by atoms with E-state index in [1.807, 2.05) is 67.3 Å². The van der Waals surface area contributed by atoms with Crippen molar-refractivity contribution in [3.05, 3.63) is 89.0 Å². The first-order chi connectivity index (χ1) is 24.6. The fourth-order valence-corrected chi connectivity index (χ4v) is 9.34. The summed E-state index contributed by atoms with van der Waals surface area (Å²) in [6, 6.07) is 19.1. The molecular formula is C43H53N3O5. The first-order valence-electron chi connectivity index (χ1n) is 19.0. The van der Waals surface area contributed by atoms with E-state index < -0.39 is 0 Å². The number of nitrogens with zero attached hydrogens (tertiary/aromatic N) is 3. The molecule has 0 radical (unpaired) electrons. The Morgan fingerprint density at radius 1 is 0.745 bits per heavy atom. The minimum atomic E-state index is -0.282. The van der Waals surface area contributed by atoms with Crippen LogP contribution in [0.25, 0.3) is 0 Å². The Labute approximate surface area is 302 Å². The molecule has 1 aromatic carbocycles. The molecule has 3 heterocycles. The number of benzene rings is 1. The van der Waals surface area contributed by atoms with E-state index in [0.717, 1.165) is 106 Å². The number of Topliss-reactive ketones (excluding diaryl/α,β-unsaturated/α-hetero) is 3. The highest BCUT2D eigenvalue weighted by atomic mass is 16.5. The fourth-order valence-electron chi connectivity index (χ4n) is 9.34. The van der Waals surface area contributed by atoms with E-state index >= 15 is 0 Å². The number of pyridine rings is 2. The van der Waals surface area contributed by atoms with E-state index in [2.05, 4.69) is 9.97 Å². The van der Waals surface area contributed by atoms with Gasteiger partial charge >= 0.3 is 0 Å². The zero-order valence-electron chi connectivity index (χ0n) is 30.6. The van der Waals surface area contributed by atoms with Crippen molar-refractivity contribution < 1.29 is 23.9 Å². The first kappa shape index (κ1) is 36.6. The van der Waals surface area contributed by atoms with Gasteiger partial charge in [-0.25, -0.2) is 0 Å². The lowest BCUT2D eigenvalue weighted by atomic mass is 9.67. The van der Waals surface area contributed by atoms with Crippen LogP contribution in [-0.2, 0) is 16.1 Å². The lowest BCUT2D eigenvalue weighted by Crippen LogP contribution is -2.38. The zero-order chi connectivity index (χ0) is 36.0. The van der Waals surface area contributed by atoms with E-state index in [1.165, 1.54) is 0 Å². The zero-order valence-corrected chi connectivity index (χ0v) is 30.6. The third-order valence-electron chi connectivity index (χ3n) is 12.0. The number of aryl methyl sites for hydroxylation is 2. The first-order valence-corrected chi connectivity index (χ1v) is 19.0. The number of carbonyl (C=O) groups is 4. The van der Waals surface area contributed by atoms with Gasteiger partial charge < -0.3 is 9.64 Å². The second-order valence-electron chi connectivity index (χ2n) is 15.7. The van der Waals surface area contributed by atoms with Gasteiger partial charge in [0.15, 0.2) is 11.6 Å². The Balaban J connectivity index is 0.000000187. The normalized spacial score (nSPS) is 25.9. The summed E-state index contributed by atoms with van der Waals surface area (Å²) >= 11 is 0. The van der Waals surface area contributed by atoms with Gasteiger partial charge in [0, 0.05) is 49.2 Å². The Bertz CT molecular complexity index is 1740. The van der Waals surface area contributed by atoms with Gasteiger partial charge in [-0.2, -0.15) is 0 Å². The molecule has 2 spiro atoms. The molecule has 0 unspecified atom stereocenters. The highest BCUT2D eigenvalue weighted by molar-refractivity contribution is 5.95. The van der Waals surface area contributed by atoms with Gasteiger partial charge in [-0.15, -0.1) is 0 Å². The van der Waals surface area contributed by atoms with Crippen LogP contribution in [0.1, 0.15) is 128 Å². The van der Waals surface area contributed by atoms with Crippen molar-refractivity contribution in [1.82, 2.24) is 14.9 Å². The van der Waals surface area contributed by atoms with Crippen LogP contribution in [0, 0.1) is 36.5 Å². The number of likely N-dealkylation sites (tertiary alicyclic amines) is 1. The summed E-state index contributed by atoms with van der Waals surface area (Å²) < 4.78 is 5.22. The van der Waals surface area contributed by atoms with Crippen molar-refractivity contribution in [2.75, 3.05) is 13.7 Å². The number of amides is 1. The highest BCUT2D eigenvalue weighted by Crippen LogP contribution is 2.50. The number of hydrogen-bond donors (Lipinski definition) is 0. The van der Waals surface area contributed by atoms with E-state index in [-0.39, 0.29) is 34.2 Å². The van der Waals surface area contributed by atoms with Gasteiger partial charge in [-0.3, -0.25) is 29.1 Å². The van der Waals surface area contributed by atoms with Gasteiger partial charge in [-0.05, 0) is 125 Å². The van der Waals surface area contributed by atoms with Crippen LogP contribution in [0.4, 0.5) is 0 Å². The van der Waals surface area contributed by atoms with E-state index in [9.17, 15) is 19.2 Å². The van der Waals surface area contributed by atoms with Gasteiger partial charge in [-0.1, -0.05) is 37.1 Å². The summed E-state index contributed by atoms with van der Waals surface area (Å²) in [4.78, 5) is 61.4. The number of aromatic nitrogens is 2. The SMILES string of the molecule is COc1ccc(CN2CC[C@]3(CCC[C@H](CC(=O)c4cccc(C)n4)C3)C2=O)cc1.Cc1cccc(C(=O)C[C@H]2CCC[C@]3(CCCC3=O)C2)n1. The van der Waals surface area contributed by atoms with Crippen LogP contribution in [-0.4, -0.2) is 51.8 Å². The maximum atomic E-state index is 13.4. The van der Waals surface area contributed by atoms with Gasteiger partial charge in [0.25, 0.3) is 0 Å². The maximum absolute atomic E-state index is 13.4. The summed E-state index contributed by atoms with van der Waals surface area (Å²) in [6.07, 6.45) is 12.7. The van der Waals surface area contributed by atoms with E-state index in [1.54, 1.807) is 19.2 Å². The highest BCUT2D eigenvalue weighted by Gasteiger charge is 2.49. The van der Waals surface area contributed by atoms with Crippen LogP contribution in [0.3, 0.4) is 0 Å². The fraction of sp³-hybridized carbons (Fsp3) is 0.535. The molecule has 1 amide bonds. The molecule has 51 heavy (non-hydrogen) atoms. The predicted octanol–water partition coefficient (Wildman–Crippen LogP) is 8.47. The monoisotopic (exact) mass is 691 g/mol. The summed E-state index contributed by atoms with van der Waals surface area (Å²) in [5.41, 5.74) is 3.63. The standard InChI is InChI=1S/C25H30N2O3.C18H23NO2/c1-18-5-3-7-22(26-18)23(28)15-20-6-4-12-25(16-20)13-14-27(24(25)29)17-19-8-10-21(30-2)11-9-19;1-13-5-2-7-15(19-13)16(20)11-14-6-3-9-18(12-14)10-4-8-17(18)21/h3,5,7-11,20H,4,6,12-17H2,1-2H3;2,5,7,14H,3-4,6,8-12H2,1H3/t20-,25+;14-,18+/m11/s1. The summed E-state index contributed by atoms with van der Waals surface area (Å²) in [6.45, 7) is 5.25. The topological polar surface area (TPSA) is 107 Å². The van der Waals surface area contributed by atoms with E-state index in [4.69, 9.17) is 4.74 Å². The quantitative estimate of drug-likeness (QED) is 0.207. The molecule has 0 bridgehead atoms. The van der Waals surface area contributed by atoms with Crippen molar-refractivity contribution in [1.29, 1.82) is 0 Å². The Hall–Kier alpha value is -4.20. The van der Waals surface area contributed by atoms with Gasteiger partial charge in [0.1, 0.15) is 22.9 Å². The predicted molar refractivity (Wildman–Crippen MR) is 197 cm³/mol. The number of hydrogen-bond acceptors (Lipinski definition) is 7. The summed E-state index contributed by atoms with van der Waals surface area (Å²) in [5.74, 6) is 2.39. The van der Waals surface area contributed by atoms with Crippen molar-refractivity contribution in [3.63, 3.8) is 0 Å². The molecule has 1 aliphatic heterocycles. The summed E-state index contributed by atoms with van der Waals surface area (Å²) in [7, 11) is 1.65. The average molecular weight is 692 g/mol. The smallest absolute Gasteiger partial charge is 0.229 e. The molecule has 8 heteroatoms. The lowest BCUT2D eigenvalue weighted by molar-refractivity contribution is -0.139. The molecule has 2 aromatic heterocycles. The third-order valence-corrected chi connectivity index (χ3v) is 12.0. The molecule has 3 aliphatic carbocycles. The second-order valence-corrected chi connectivity index (χ2v) is 15.7. The molecule has 1 saturated heterocycles. The number of methoxy groups -OCH3 is 1. The molecule has 8 nitrogen and oxygen atoms in total. The van der Waals surface area contributed by atoms with Crippen LogP contribution in [0.15, 0.2) is 60.7 Å². The largest absolute Gasteiger partial charge is 0.497 e. The number of ketones is 3. The minimum Gasteiger partial charge on any atom is -0.497 e. The molecular weight excluding hydrogens is 638 g/mol. The van der Waals surface area contributed by atoms with Crippen molar-refractivity contribution in [3.8, 4) is 5.75 Å². The molecule has 4 atom stereocenters. The maximum Gasteiger partial charge on any atom is 0.229 e. The Morgan fingerprint density at radius 2 is 1.29 bits per heavy atom. The Kier molecular flexibility index (Phi) is 11.5. The van der Waals surface area contributed by atoms with Crippen molar-refractivity contribution in [2.24, 2.45) is 22.7 Å². The molecule has 4 aliphatic rings. The van der Waals surface area contributed by atoms with Gasteiger partial charge in [0.2, 0.25) is 5.91 Å². The molecule has 7 rings (SSSR count). The average Bonchev–Trinajstić information content (AvgIpc) is 3.62. The molecule has 3 aromatic rings. The Morgan fingerprint density at radius 3 is 1.82 bits per heavy atom. The lowest BCUT2D eigenvalue weighted by Gasteiger charge is -2.36. The molecule has 3 saturated carbocycles. The van der Waals surface area contributed by atoms with Crippen LogP contribution in [0.2, 0.25) is 0 Å². The van der Waals surface area contributed by atoms with Crippen LogP contribution < -0.4 is 4.74 Å². The molecule has 270 valence electrons. The number of ether oxygens (including phenoxy) is 1. The summed E-state index contributed by atoms with van der Waals surface area (Å²) in [5, 5.41) is 0. The minimum absolute atomic E-state index is 0.0801.